The Labute approximate surface area is 153 Å². The number of carbonyl (C=O) groups is 1. The molecule has 5 nitrogen and oxygen atoms in total. The lowest BCUT2D eigenvalue weighted by atomic mass is 10.1. The van der Waals surface area contributed by atoms with E-state index in [9.17, 15) is 13.6 Å². The number of nitrogens with zero attached hydrogens (tertiary/aromatic N) is 3. The second-order valence-corrected chi connectivity index (χ2v) is 6.05. The van der Waals surface area contributed by atoms with E-state index < -0.39 is 11.6 Å². The average molecular weight is 364 g/mol. The minimum absolute atomic E-state index is 0.214. The van der Waals surface area contributed by atoms with E-state index >= 15 is 0 Å². The number of aromatic nitrogens is 3. The summed E-state index contributed by atoms with van der Waals surface area (Å²) in [6.07, 6.45) is 3.25. The van der Waals surface area contributed by atoms with Crippen LogP contribution in [0.4, 0.5) is 14.6 Å². The molecule has 0 bridgehead atoms. The van der Waals surface area contributed by atoms with Gasteiger partial charge in [0, 0.05) is 23.5 Å². The molecular weight excluding hydrogens is 350 g/mol. The van der Waals surface area contributed by atoms with E-state index in [0.717, 1.165) is 17.7 Å². The minimum atomic E-state index is -0.984. The third kappa shape index (κ3) is 3.15. The van der Waals surface area contributed by atoms with Crippen LogP contribution in [0.3, 0.4) is 0 Å². The van der Waals surface area contributed by atoms with Gasteiger partial charge in [0.1, 0.15) is 0 Å². The summed E-state index contributed by atoms with van der Waals surface area (Å²) in [4.78, 5) is 21.1. The highest BCUT2D eigenvalue weighted by Gasteiger charge is 2.19. The van der Waals surface area contributed by atoms with Gasteiger partial charge in [-0.05, 0) is 43.3 Å². The molecule has 4 rings (SSSR count). The van der Waals surface area contributed by atoms with Crippen molar-refractivity contribution in [3.05, 3.63) is 83.7 Å². The molecule has 2 aromatic heterocycles. The van der Waals surface area contributed by atoms with Crippen LogP contribution in [-0.4, -0.2) is 20.3 Å². The van der Waals surface area contributed by atoms with Crippen molar-refractivity contribution < 1.29 is 13.6 Å². The Morgan fingerprint density at radius 1 is 1.07 bits per heavy atom. The van der Waals surface area contributed by atoms with Crippen molar-refractivity contribution >= 4 is 17.5 Å². The van der Waals surface area contributed by atoms with E-state index in [0.29, 0.717) is 22.6 Å². The Bertz CT molecular complexity index is 1170. The standard InChI is InChI=1S/C20H14F2N4O/c1-12-4-2-5-14(10-12)19(27)24-18-17(13-6-7-15(21)16(22)11-13)26-9-3-8-23-20(26)25-18/h2-11H,1H3,(H,24,27). The molecule has 27 heavy (non-hydrogen) atoms. The molecule has 0 radical (unpaired) electrons. The summed E-state index contributed by atoms with van der Waals surface area (Å²) < 4.78 is 28.7. The molecule has 0 spiro atoms. The summed E-state index contributed by atoms with van der Waals surface area (Å²) in [5, 5.41) is 2.75. The molecule has 0 unspecified atom stereocenters. The van der Waals surface area contributed by atoms with E-state index in [4.69, 9.17) is 0 Å². The van der Waals surface area contributed by atoms with Gasteiger partial charge in [0.2, 0.25) is 5.78 Å². The molecule has 0 saturated carbocycles. The van der Waals surface area contributed by atoms with Crippen molar-refractivity contribution in [1.82, 2.24) is 14.4 Å². The highest BCUT2D eigenvalue weighted by atomic mass is 19.2. The van der Waals surface area contributed by atoms with Gasteiger partial charge < -0.3 is 5.32 Å². The fraction of sp³-hybridized carbons (Fsp3) is 0.0500. The van der Waals surface area contributed by atoms with Crippen LogP contribution in [-0.2, 0) is 0 Å². The SMILES string of the molecule is Cc1cccc(C(=O)Nc2nc3ncccn3c2-c2ccc(F)c(F)c2)c1. The Hall–Kier alpha value is -3.61. The monoisotopic (exact) mass is 364 g/mol. The second-order valence-electron chi connectivity index (χ2n) is 6.05. The smallest absolute Gasteiger partial charge is 0.256 e. The number of benzene rings is 2. The zero-order valence-corrected chi connectivity index (χ0v) is 14.3. The molecule has 2 aromatic carbocycles. The lowest BCUT2D eigenvalue weighted by Crippen LogP contribution is -2.13. The van der Waals surface area contributed by atoms with E-state index in [1.165, 1.54) is 6.07 Å². The fourth-order valence-corrected chi connectivity index (χ4v) is 2.86. The quantitative estimate of drug-likeness (QED) is 0.592. The van der Waals surface area contributed by atoms with E-state index in [-0.39, 0.29) is 11.7 Å². The number of nitrogens with one attached hydrogen (secondary N) is 1. The number of rotatable bonds is 3. The van der Waals surface area contributed by atoms with Gasteiger partial charge >= 0.3 is 0 Å². The summed E-state index contributed by atoms with van der Waals surface area (Å²) in [7, 11) is 0. The second kappa shape index (κ2) is 6.60. The number of fused-ring (bicyclic) bond motifs is 1. The largest absolute Gasteiger partial charge is 0.305 e. The number of carbonyl (C=O) groups excluding carboxylic acids is 1. The number of anilines is 1. The molecule has 4 aromatic rings. The average Bonchev–Trinajstić information content (AvgIpc) is 3.02. The van der Waals surface area contributed by atoms with E-state index in [1.54, 1.807) is 41.1 Å². The summed E-state index contributed by atoms with van der Waals surface area (Å²) in [6, 6.07) is 12.3. The van der Waals surface area contributed by atoms with Crippen LogP contribution in [0, 0.1) is 18.6 Å². The molecule has 1 N–H and O–H groups in total. The van der Waals surface area contributed by atoms with Gasteiger partial charge in [-0.25, -0.2) is 13.8 Å². The molecule has 0 aliphatic carbocycles. The Morgan fingerprint density at radius 3 is 2.70 bits per heavy atom. The molecular formula is C20H14F2N4O. The van der Waals surface area contributed by atoms with Crippen LogP contribution in [0.25, 0.3) is 17.0 Å². The van der Waals surface area contributed by atoms with Crippen molar-refractivity contribution in [3.8, 4) is 11.3 Å². The van der Waals surface area contributed by atoms with Crippen LogP contribution >= 0.6 is 0 Å². The lowest BCUT2D eigenvalue weighted by molar-refractivity contribution is 0.102. The lowest BCUT2D eigenvalue weighted by Gasteiger charge is -2.08. The van der Waals surface area contributed by atoms with Crippen LogP contribution in [0.15, 0.2) is 60.9 Å². The molecule has 0 aliphatic rings. The van der Waals surface area contributed by atoms with Gasteiger partial charge in [-0.2, -0.15) is 4.98 Å². The van der Waals surface area contributed by atoms with Crippen molar-refractivity contribution in [2.45, 2.75) is 6.92 Å². The molecule has 2 heterocycles. The minimum Gasteiger partial charge on any atom is -0.305 e. The normalized spacial score (nSPS) is 10.9. The number of halogens is 2. The summed E-state index contributed by atoms with van der Waals surface area (Å²) in [6.45, 7) is 1.89. The van der Waals surface area contributed by atoms with Gasteiger partial charge in [0.25, 0.3) is 5.91 Å². The molecule has 1 amide bonds. The molecule has 0 fully saturated rings. The maximum Gasteiger partial charge on any atom is 0.256 e. The number of amides is 1. The zero-order chi connectivity index (χ0) is 19.0. The predicted octanol–water partition coefficient (Wildman–Crippen LogP) is 4.24. The summed E-state index contributed by atoms with van der Waals surface area (Å²) >= 11 is 0. The van der Waals surface area contributed by atoms with Gasteiger partial charge in [-0.1, -0.05) is 17.7 Å². The number of hydrogen-bond acceptors (Lipinski definition) is 3. The predicted molar refractivity (Wildman–Crippen MR) is 97.5 cm³/mol. The Balaban J connectivity index is 1.83. The van der Waals surface area contributed by atoms with Crippen molar-refractivity contribution in [1.29, 1.82) is 0 Å². The van der Waals surface area contributed by atoms with Crippen molar-refractivity contribution in [2.24, 2.45) is 0 Å². The molecule has 0 saturated heterocycles. The van der Waals surface area contributed by atoms with Crippen LogP contribution in [0.1, 0.15) is 15.9 Å². The highest BCUT2D eigenvalue weighted by Crippen LogP contribution is 2.30. The van der Waals surface area contributed by atoms with Gasteiger partial charge in [0.05, 0.1) is 5.69 Å². The van der Waals surface area contributed by atoms with Crippen molar-refractivity contribution in [2.75, 3.05) is 5.32 Å². The molecule has 0 atom stereocenters. The number of aryl methyl sites for hydroxylation is 1. The van der Waals surface area contributed by atoms with Gasteiger partial charge in [0.15, 0.2) is 17.5 Å². The topological polar surface area (TPSA) is 59.3 Å². The maximum atomic E-state index is 13.8. The highest BCUT2D eigenvalue weighted by molar-refractivity contribution is 6.05. The summed E-state index contributed by atoms with van der Waals surface area (Å²) in [5.74, 6) is -1.74. The first-order chi connectivity index (χ1) is 13.0. The van der Waals surface area contributed by atoms with Crippen LogP contribution in [0.5, 0.6) is 0 Å². The third-order valence-electron chi connectivity index (χ3n) is 4.11. The first-order valence-electron chi connectivity index (χ1n) is 8.19. The number of hydrogen-bond donors (Lipinski definition) is 1. The van der Waals surface area contributed by atoms with Crippen LogP contribution < -0.4 is 5.32 Å². The van der Waals surface area contributed by atoms with Crippen molar-refractivity contribution in [3.63, 3.8) is 0 Å². The summed E-state index contributed by atoms with van der Waals surface area (Å²) in [5.41, 5.74) is 2.20. The Morgan fingerprint density at radius 2 is 1.93 bits per heavy atom. The maximum absolute atomic E-state index is 13.8. The first kappa shape index (κ1) is 16.8. The zero-order valence-electron chi connectivity index (χ0n) is 14.3. The van der Waals surface area contributed by atoms with Gasteiger partial charge in [-0.3, -0.25) is 9.20 Å². The van der Waals surface area contributed by atoms with E-state index in [2.05, 4.69) is 15.3 Å². The van der Waals surface area contributed by atoms with Crippen LogP contribution in [0.2, 0.25) is 0 Å². The fourth-order valence-electron chi connectivity index (χ4n) is 2.86. The molecule has 7 heteroatoms. The molecule has 0 aliphatic heterocycles. The number of imidazole rings is 1. The molecule has 134 valence electrons. The Kier molecular flexibility index (Phi) is 4.12. The first-order valence-corrected chi connectivity index (χ1v) is 8.19. The third-order valence-corrected chi connectivity index (χ3v) is 4.11. The van der Waals surface area contributed by atoms with E-state index in [1.807, 2.05) is 13.0 Å². The van der Waals surface area contributed by atoms with Gasteiger partial charge in [-0.15, -0.1) is 0 Å².